The number of hydrogen-bond donors (Lipinski definition) is 0. The third-order valence-corrected chi connectivity index (χ3v) is 29.4. The van der Waals surface area contributed by atoms with Crippen molar-refractivity contribution in [3.8, 4) is 22.3 Å². The maximum atomic E-state index is 2.71. The molecule has 0 aliphatic carbocycles. The normalized spacial score (nSPS) is 28.3. The number of fused-ring (bicyclic) bond motifs is 10. The molecule has 11 rings (SSSR count). The molecule has 40 heavy (non-hydrogen) atoms. The number of benzene rings is 4. The zero-order chi connectivity index (χ0) is 26.3. The van der Waals surface area contributed by atoms with Crippen LogP contribution in [0.5, 0.6) is 0 Å². The van der Waals surface area contributed by atoms with Crippen molar-refractivity contribution in [1.29, 1.82) is 0 Å². The molecule has 0 radical (unpaired) electrons. The van der Waals surface area contributed by atoms with Gasteiger partial charge in [-0.15, -0.1) is 0 Å². The summed E-state index contributed by atoms with van der Waals surface area (Å²) in [5.41, 5.74) is 14.5. The van der Waals surface area contributed by atoms with E-state index in [9.17, 15) is 0 Å². The summed E-state index contributed by atoms with van der Waals surface area (Å²) in [4.78, 5) is 10.6. The first kappa shape index (κ1) is 21.3. The maximum absolute atomic E-state index is 3.60. The summed E-state index contributed by atoms with van der Waals surface area (Å²) < 4.78 is 5.27. The van der Waals surface area contributed by atoms with Crippen LogP contribution in [0.1, 0.15) is 0 Å². The van der Waals surface area contributed by atoms with Gasteiger partial charge in [0, 0.05) is 0 Å². The predicted octanol–water partition coefficient (Wildman–Crippen LogP) is 2.82. The van der Waals surface area contributed by atoms with Gasteiger partial charge in [-0.1, -0.05) is 0 Å². The van der Waals surface area contributed by atoms with Gasteiger partial charge in [0.15, 0.2) is 0 Å². The van der Waals surface area contributed by atoms with Gasteiger partial charge in [-0.3, -0.25) is 0 Å². The molecule has 0 bridgehead atoms. The van der Waals surface area contributed by atoms with E-state index in [1.54, 1.807) is 17.4 Å². The SMILES string of the molecule is CN1C=CN2c3ccc4c5[c]3[Po]3([c]6c(ccc7c6B5N(c5ccccc5-4)c4ccccc4-7)N4C=C[N+](C)(C)[CH]43)[CH]12. The van der Waals surface area contributed by atoms with E-state index in [-0.39, 0.29) is 6.85 Å². The molecule has 4 aromatic carbocycles. The third kappa shape index (κ3) is 1.93. The standard InChI is InChI=1S/C33H27BN5.Po/c1-35-16-17-36(22-35)24-12-14-26-28-8-4-6-10-32(28)38-33-11-7-5-9-29(33)27-15-13-25(37-18-19-39(2,3)23-37)21-31(27)34(38)30(26)20-24;/h4-19,22-23H,1-3H3;/q+1;. The molecule has 7 heteroatoms. The van der Waals surface area contributed by atoms with Crippen molar-refractivity contribution >= 4 is 67.5 Å². The van der Waals surface area contributed by atoms with E-state index < -0.39 is 20.6 Å². The molecule has 7 heterocycles. The quantitative estimate of drug-likeness (QED) is 0.206. The summed E-state index contributed by atoms with van der Waals surface area (Å²) in [5, 5.41) is 0. The van der Waals surface area contributed by atoms with Gasteiger partial charge in [-0.2, -0.15) is 0 Å². The second-order valence-electron chi connectivity index (χ2n) is 12.6. The van der Waals surface area contributed by atoms with Crippen LogP contribution in [0.25, 0.3) is 22.3 Å². The van der Waals surface area contributed by atoms with Gasteiger partial charge in [0.2, 0.25) is 0 Å². The Morgan fingerprint density at radius 3 is 1.90 bits per heavy atom. The first-order valence-electron chi connectivity index (χ1n) is 14.2. The van der Waals surface area contributed by atoms with Crippen LogP contribution in [0, 0.1) is 0 Å². The molecule has 0 amide bonds. The summed E-state index contributed by atoms with van der Waals surface area (Å²) in [6.07, 6.45) is 9.57. The van der Waals surface area contributed by atoms with Crippen LogP contribution in [0.2, 0.25) is 0 Å². The monoisotopic (exact) mass is 713 g/mol. The third-order valence-electron chi connectivity index (χ3n) is 10.4. The molecule has 7 aliphatic rings. The molecule has 5 nitrogen and oxygen atoms in total. The second kappa shape index (κ2) is 6.35. The van der Waals surface area contributed by atoms with Crippen LogP contribution in [0.4, 0.5) is 22.7 Å². The minimum atomic E-state index is -3.60. The topological polar surface area (TPSA) is 13.0 Å². The Labute approximate surface area is 239 Å². The Morgan fingerprint density at radius 2 is 1.25 bits per heavy atom. The molecular formula is C33H27BN5Po+. The molecule has 7 aliphatic heterocycles. The summed E-state index contributed by atoms with van der Waals surface area (Å²) in [6.45, 7) is 0.206. The molecule has 192 valence electrons. The Bertz CT molecular complexity index is 1910. The van der Waals surface area contributed by atoms with E-state index in [0.717, 1.165) is 4.48 Å². The van der Waals surface area contributed by atoms with Gasteiger partial charge in [-0.25, -0.2) is 0 Å². The van der Waals surface area contributed by atoms with Gasteiger partial charge in [-0.05, 0) is 0 Å². The number of quaternary nitrogens is 1. The molecule has 0 fully saturated rings. The van der Waals surface area contributed by atoms with Crippen LogP contribution >= 0.6 is 0 Å². The van der Waals surface area contributed by atoms with Gasteiger partial charge < -0.3 is 0 Å². The van der Waals surface area contributed by atoms with Crippen molar-refractivity contribution in [2.24, 2.45) is 0 Å². The zero-order valence-corrected chi connectivity index (χ0v) is 25.8. The molecule has 0 N–H and O–H groups in total. The van der Waals surface area contributed by atoms with E-state index in [0.29, 0.717) is 7.65 Å². The van der Waals surface area contributed by atoms with E-state index in [1.165, 1.54) is 45.0 Å². The minimum absolute atomic E-state index is 0.206. The van der Waals surface area contributed by atoms with Crippen molar-refractivity contribution in [3.05, 3.63) is 97.6 Å². The van der Waals surface area contributed by atoms with Crippen molar-refractivity contribution in [3.63, 3.8) is 0 Å². The van der Waals surface area contributed by atoms with Gasteiger partial charge in [0.05, 0.1) is 0 Å². The second-order valence-corrected chi connectivity index (χ2v) is 24.6. The first-order valence-corrected chi connectivity index (χ1v) is 21.0. The fourth-order valence-electron chi connectivity index (χ4n) is 9.25. The van der Waals surface area contributed by atoms with E-state index in [1.807, 2.05) is 0 Å². The molecule has 0 saturated carbocycles. The molecule has 3 atom stereocenters. The van der Waals surface area contributed by atoms with Gasteiger partial charge in [0.25, 0.3) is 0 Å². The summed E-state index contributed by atoms with van der Waals surface area (Å²) >= 11 is -3.60. The Kier molecular flexibility index (Phi) is 3.38. The number of rotatable bonds is 0. The van der Waals surface area contributed by atoms with E-state index in [2.05, 4.69) is 138 Å². The van der Waals surface area contributed by atoms with Crippen LogP contribution in [-0.4, -0.2) is 65.6 Å². The molecule has 0 saturated heterocycles. The number of anilines is 4. The average Bonchev–Trinajstić information content (AvgIpc) is 3.69. The van der Waals surface area contributed by atoms with E-state index in [4.69, 9.17) is 0 Å². The fourth-order valence-corrected chi connectivity index (χ4v) is 32.9. The number of nitrogens with zero attached hydrogens (tertiary/aromatic N) is 5. The molecule has 4 aromatic rings. The van der Waals surface area contributed by atoms with Crippen molar-refractivity contribution in [1.82, 2.24) is 4.90 Å². The van der Waals surface area contributed by atoms with Crippen LogP contribution in [-0.2, 0) is 0 Å². The van der Waals surface area contributed by atoms with Gasteiger partial charge in [0.1, 0.15) is 0 Å². The Balaban J connectivity index is 1.41. The molecule has 3 unspecified atom stereocenters. The van der Waals surface area contributed by atoms with Crippen molar-refractivity contribution in [2.45, 2.75) is 7.65 Å². The fraction of sp³-hybridized carbons (Fsp3) is 0.152. The Morgan fingerprint density at radius 1 is 0.650 bits per heavy atom. The average molecular weight is 713 g/mol. The molecule has 0 aromatic heterocycles. The predicted molar refractivity (Wildman–Crippen MR) is 167 cm³/mol. The molecule has 1 spiro atoms. The van der Waals surface area contributed by atoms with Crippen LogP contribution in [0.15, 0.2) is 97.6 Å². The Hall–Kier alpha value is -3.52. The van der Waals surface area contributed by atoms with E-state index >= 15 is 0 Å². The number of hydrogen-bond acceptors (Lipinski definition) is 4. The zero-order valence-electron chi connectivity index (χ0n) is 22.6. The van der Waals surface area contributed by atoms with Crippen molar-refractivity contribution < 1.29 is 4.48 Å². The van der Waals surface area contributed by atoms with Crippen molar-refractivity contribution in [2.75, 3.05) is 35.8 Å². The summed E-state index contributed by atoms with van der Waals surface area (Å²) in [7, 11) is 7.20. The van der Waals surface area contributed by atoms with Crippen LogP contribution in [0.3, 0.4) is 0 Å². The number of para-hydroxylation sites is 2. The first-order chi connectivity index (χ1) is 19.5. The van der Waals surface area contributed by atoms with Crippen LogP contribution < -0.4 is 32.0 Å². The summed E-state index contributed by atoms with van der Waals surface area (Å²) in [5.74, 6) is 0. The van der Waals surface area contributed by atoms with Gasteiger partial charge >= 0.3 is 240 Å². The summed E-state index contributed by atoms with van der Waals surface area (Å²) in [6, 6.07) is 28.1. The molecular weight excluding hydrogens is 686 g/mol.